The van der Waals surface area contributed by atoms with E-state index in [1.807, 2.05) is 68.1 Å². The van der Waals surface area contributed by atoms with Crippen LogP contribution in [0.5, 0.6) is 0 Å². The lowest BCUT2D eigenvalue weighted by Gasteiger charge is -2.37. The summed E-state index contributed by atoms with van der Waals surface area (Å²) in [4.78, 5) is 39.2. The molecule has 2 aromatic carbocycles. The molecule has 1 aliphatic rings. The number of piperazine rings is 1. The summed E-state index contributed by atoms with van der Waals surface area (Å²) in [7, 11) is 0. The summed E-state index contributed by atoms with van der Waals surface area (Å²) < 4.78 is 0. The maximum absolute atomic E-state index is 13.3. The third kappa shape index (κ3) is 5.34. The molecule has 0 saturated carbocycles. The van der Waals surface area contributed by atoms with E-state index in [4.69, 9.17) is 5.73 Å². The number of aromatic nitrogens is 2. The summed E-state index contributed by atoms with van der Waals surface area (Å²) in [6, 6.07) is 14.5. The van der Waals surface area contributed by atoms with Crippen LogP contribution in [-0.2, 0) is 11.3 Å². The Balaban J connectivity index is 1.36. The van der Waals surface area contributed by atoms with Crippen molar-refractivity contribution in [2.75, 3.05) is 31.9 Å². The number of nitrogens with one attached hydrogen (secondary N) is 1. The lowest BCUT2D eigenvalue weighted by Crippen LogP contribution is -2.56. The number of nitrogens with two attached hydrogens (primary N) is 1. The van der Waals surface area contributed by atoms with E-state index in [0.717, 1.165) is 16.5 Å². The van der Waals surface area contributed by atoms with Crippen molar-refractivity contribution in [3.05, 3.63) is 65.5 Å². The molecule has 2 heterocycles. The average Bonchev–Trinajstić information content (AvgIpc) is 2.82. The fourth-order valence-corrected chi connectivity index (χ4v) is 4.27. The van der Waals surface area contributed by atoms with E-state index in [0.29, 0.717) is 49.9 Å². The summed E-state index contributed by atoms with van der Waals surface area (Å²) in [5.41, 5.74) is 8.53. The number of nitrogens with zero attached hydrogens (tertiary/aromatic N) is 4. The predicted molar refractivity (Wildman–Crippen MR) is 133 cm³/mol. The van der Waals surface area contributed by atoms with Gasteiger partial charge in [0, 0.05) is 37.1 Å². The number of carbonyl (C=O) groups excluding carboxylic acids is 2. The quantitative estimate of drug-likeness (QED) is 0.586. The number of aryl methyl sites for hydroxylation is 1. The lowest BCUT2D eigenvalue weighted by molar-refractivity contribution is -0.136. The van der Waals surface area contributed by atoms with Gasteiger partial charge in [0.2, 0.25) is 5.91 Å². The third-order valence-corrected chi connectivity index (χ3v) is 6.23. The Hall–Kier alpha value is -3.52. The molecule has 178 valence electrons. The highest BCUT2D eigenvalue weighted by molar-refractivity contribution is 5.97. The molecule has 0 spiro atoms. The van der Waals surface area contributed by atoms with Crippen LogP contribution in [0.2, 0.25) is 0 Å². The standard InChI is InChI=1S/C26H32N6O2/c1-17(2)23(30-25(33)19-8-6-7-18(3)15-19)26(34)32-13-11-31(12-14-32)16-22-28-21-10-5-4-9-20(21)24(27)29-22/h4-10,15,17,23H,11-14,16H2,1-3H3,(H,30,33)(H2,27,28,29)/t23-/m0/s1. The number of amides is 2. The molecule has 1 aromatic heterocycles. The highest BCUT2D eigenvalue weighted by Gasteiger charge is 2.31. The largest absolute Gasteiger partial charge is 0.383 e. The second-order valence-corrected chi connectivity index (χ2v) is 9.21. The van der Waals surface area contributed by atoms with Crippen LogP contribution in [0.15, 0.2) is 48.5 Å². The first-order valence-corrected chi connectivity index (χ1v) is 11.7. The SMILES string of the molecule is Cc1cccc(C(=O)N[C@H](C(=O)N2CCN(Cc3nc(N)c4ccccc4n3)CC2)C(C)C)c1. The number of anilines is 1. The number of para-hydroxylation sites is 1. The van der Waals surface area contributed by atoms with Crippen molar-refractivity contribution in [2.45, 2.75) is 33.4 Å². The maximum Gasteiger partial charge on any atom is 0.251 e. The number of fused-ring (bicyclic) bond motifs is 1. The molecule has 4 rings (SSSR count). The highest BCUT2D eigenvalue weighted by atomic mass is 16.2. The molecule has 0 aliphatic carbocycles. The van der Waals surface area contributed by atoms with Gasteiger partial charge in [0.1, 0.15) is 17.7 Å². The Bertz CT molecular complexity index is 1190. The zero-order valence-electron chi connectivity index (χ0n) is 20.0. The van der Waals surface area contributed by atoms with Gasteiger partial charge in [0.15, 0.2) is 0 Å². The summed E-state index contributed by atoms with van der Waals surface area (Å²) in [5.74, 6) is 0.885. The van der Waals surface area contributed by atoms with E-state index in [9.17, 15) is 9.59 Å². The van der Waals surface area contributed by atoms with Gasteiger partial charge in [-0.05, 0) is 37.1 Å². The second kappa shape index (κ2) is 10.2. The van der Waals surface area contributed by atoms with Crippen LogP contribution in [0.1, 0.15) is 35.6 Å². The van der Waals surface area contributed by atoms with Gasteiger partial charge < -0.3 is 16.0 Å². The molecule has 1 atom stereocenters. The Kier molecular flexibility index (Phi) is 7.07. The molecular weight excluding hydrogens is 428 g/mol. The van der Waals surface area contributed by atoms with E-state index in [-0.39, 0.29) is 17.7 Å². The fourth-order valence-electron chi connectivity index (χ4n) is 4.27. The minimum Gasteiger partial charge on any atom is -0.383 e. The van der Waals surface area contributed by atoms with Crippen LogP contribution >= 0.6 is 0 Å². The second-order valence-electron chi connectivity index (χ2n) is 9.21. The van der Waals surface area contributed by atoms with Crippen molar-refractivity contribution < 1.29 is 9.59 Å². The van der Waals surface area contributed by atoms with Crippen LogP contribution in [0, 0.1) is 12.8 Å². The van der Waals surface area contributed by atoms with Gasteiger partial charge in [-0.15, -0.1) is 0 Å². The van der Waals surface area contributed by atoms with E-state index in [1.54, 1.807) is 6.07 Å². The van der Waals surface area contributed by atoms with Gasteiger partial charge in [-0.1, -0.05) is 43.7 Å². The number of rotatable bonds is 6. The number of carbonyl (C=O) groups is 2. The first-order valence-electron chi connectivity index (χ1n) is 11.7. The van der Waals surface area contributed by atoms with Gasteiger partial charge in [0.25, 0.3) is 5.91 Å². The monoisotopic (exact) mass is 460 g/mol. The number of hydrogen-bond donors (Lipinski definition) is 2. The Labute approximate surface area is 200 Å². The molecule has 8 nitrogen and oxygen atoms in total. The molecule has 8 heteroatoms. The molecule has 1 aliphatic heterocycles. The summed E-state index contributed by atoms with van der Waals surface area (Å²) >= 11 is 0. The van der Waals surface area contributed by atoms with Crippen molar-refractivity contribution in [3.63, 3.8) is 0 Å². The molecule has 0 radical (unpaired) electrons. The minimum atomic E-state index is -0.566. The third-order valence-electron chi connectivity index (χ3n) is 6.23. The smallest absolute Gasteiger partial charge is 0.251 e. The van der Waals surface area contributed by atoms with E-state index < -0.39 is 6.04 Å². The molecule has 3 aromatic rings. The molecule has 1 fully saturated rings. The summed E-state index contributed by atoms with van der Waals surface area (Å²) in [6.07, 6.45) is 0. The normalized spacial score (nSPS) is 15.5. The van der Waals surface area contributed by atoms with Crippen LogP contribution in [0.25, 0.3) is 10.9 Å². The van der Waals surface area contributed by atoms with Gasteiger partial charge in [0.05, 0.1) is 12.1 Å². The molecule has 0 bridgehead atoms. The van der Waals surface area contributed by atoms with Crippen molar-refractivity contribution in [1.29, 1.82) is 0 Å². The number of hydrogen-bond acceptors (Lipinski definition) is 6. The van der Waals surface area contributed by atoms with Gasteiger partial charge in [-0.2, -0.15) is 0 Å². The van der Waals surface area contributed by atoms with E-state index >= 15 is 0 Å². The van der Waals surface area contributed by atoms with Gasteiger partial charge >= 0.3 is 0 Å². The maximum atomic E-state index is 13.3. The van der Waals surface area contributed by atoms with Crippen molar-refractivity contribution >= 4 is 28.5 Å². The van der Waals surface area contributed by atoms with Crippen LogP contribution in [-0.4, -0.2) is 63.8 Å². The molecule has 1 saturated heterocycles. The molecule has 2 amide bonds. The first-order chi connectivity index (χ1) is 16.3. The summed E-state index contributed by atoms with van der Waals surface area (Å²) in [6.45, 7) is 9.02. The van der Waals surface area contributed by atoms with Crippen LogP contribution in [0.3, 0.4) is 0 Å². The average molecular weight is 461 g/mol. The molecule has 0 unspecified atom stereocenters. The Morgan fingerprint density at radius 3 is 2.47 bits per heavy atom. The minimum absolute atomic E-state index is 0.0201. The number of nitrogen functional groups attached to an aromatic ring is 1. The van der Waals surface area contributed by atoms with E-state index in [2.05, 4.69) is 20.2 Å². The van der Waals surface area contributed by atoms with Gasteiger partial charge in [-0.25, -0.2) is 9.97 Å². The zero-order chi connectivity index (χ0) is 24.2. The highest BCUT2D eigenvalue weighted by Crippen LogP contribution is 2.18. The molecule has 3 N–H and O–H groups in total. The fraction of sp³-hybridized carbons (Fsp3) is 0.385. The topological polar surface area (TPSA) is 104 Å². The number of benzene rings is 2. The van der Waals surface area contributed by atoms with Crippen molar-refractivity contribution in [1.82, 2.24) is 25.1 Å². The summed E-state index contributed by atoms with van der Waals surface area (Å²) in [5, 5.41) is 3.81. The Morgan fingerprint density at radius 2 is 1.76 bits per heavy atom. The van der Waals surface area contributed by atoms with Crippen molar-refractivity contribution in [2.24, 2.45) is 5.92 Å². The van der Waals surface area contributed by atoms with Crippen molar-refractivity contribution in [3.8, 4) is 0 Å². The molecule has 34 heavy (non-hydrogen) atoms. The predicted octanol–water partition coefficient (Wildman–Crippen LogP) is 2.62. The van der Waals surface area contributed by atoms with E-state index in [1.165, 1.54) is 0 Å². The van der Waals surface area contributed by atoms with Crippen LogP contribution in [0.4, 0.5) is 5.82 Å². The zero-order valence-corrected chi connectivity index (χ0v) is 20.0. The Morgan fingerprint density at radius 1 is 1.03 bits per heavy atom. The van der Waals surface area contributed by atoms with Gasteiger partial charge in [-0.3, -0.25) is 14.5 Å². The van der Waals surface area contributed by atoms with Crippen LogP contribution < -0.4 is 11.1 Å². The lowest BCUT2D eigenvalue weighted by atomic mass is 10.0. The molecular formula is C26H32N6O2. The first kappa shape index (κ1) is 23.6.